The molecule has 74 valence electrons. The first-order valence-electron chi connectivity index (χ1n) is 3.83. The molecule has 0 saturated carbocycles. The van der Waals surface area contributed by atoms with Gasteiger partial charge < -0.3 is 0 Å². The minimum atomic E-state index is -4.35. The molecule has 0 rings (SSSR count). The summed E-state index contributed by atoms with van der Waals surface area (Å²) in [5.41, 5.74) is 0. The summed E-state index contributed by atoms with van der Waals surface area (Å²) < 4.78 is 9.37. The van der Waals surface area contributed by atoms with Crippen LogP contribution < -0.4 is 0 Å². The van der Waals surface area contributed by atoms with E-state index in [1.807, 2.05) is 7.85 Å². The van der Waals surface area contributed by atoms with Crippen molar-refractivity contribution >= 4 is 16.0 Å². The van der Waals surface area contributed by atoms with E-state index in [4.69, 9.17) is 19.4 Å². The summed E-state index contributed by atoms with van der Waals surface area (Å²) in [7, 11) is -0.853. The summed E-state index contributed by atoms with van der Waals surface area (Å²) in [6.45, 7) is 0.0140. The average molecular weight is 198 g/mol. The number of rotatable bonds is 6. The van der Waals surface area contributed by atoms with Crippen LogP contribution >= 0.6 is 8.17 Å². The van der Waals surface area contributed by atoms with E-state index < -0.39 is 8.17 Å². The molecule has 0 saturated heterocycles. The first-order valence-corrected chi connectivity index (χ1v) is 5.58. The first kappa shape index (κ1) is 12.3. The van der Waals surface area contributed by atoms with Crippen LogP contribution in [0.1, 0.15) is 6.42 Å². The summed E-state index contributed by atoms with van der Waals surface area (Å²) in [6, 6.07) is 0. The molecule has 0 aromatic carbocycles. The van der Waals surface area contributed by atoms with Crippen molar-refractivity contribution in [2.24, 2.45) is 0 Å². The molecule has 0 aromatic heterocycles. The molecule has 12 heavy (non-hydrogen) atoms. The maximum absolute atomic E-state index is 8.50. The van der Waals surface area contributed by atoms with Crippen molar-refractivity contribution in [2.45, 2.75) is 18.8 Å². The molecule has 0 bridgehead atoms. The van der Waals surface area contributed by atoms with Crippen LogP contribution in [0.3, 0.4) is 0 Å². The van der Waals surface area contributed by atoms with E-state index in [1.165, 1.54) is 7.11 Å². The van der Waals surface area contributed by atoms with E-state index in [0.29, 0.717) is 0 Å². The van der Waals surface area contributed by atoms with Gasteiger partial charge in [-0.3, -0.25) is 0 Å². The molecular weight excluding hydrogens is 182 g/mol. The van der Waals surface area contributed by atoms with Gasteiger partial charge in [-0.15, -0.1) is 0 Å². The molecule has 0 radical (unpaired) electrons. The molecule has 0 fully saturated rings. The van der Waals surface area contributed by atoms with Gasteiger partial charge in [0.25, 0.3) is 0 Å². The van der Waals surface area contributed by atoms with Crippen molar-refractivity contribution < 1.29 is 23.9 Å². The van der Waals surface area contributed by atoms with Gasteiger partial charge in [-0.2, -0.15) is 0 Å². The fraction of sp³-hybridized carbons (Fsp3) is 1.00. The molecule has 0 amide bonds. The fourth-order valence-corrected chi connectivity index (χ4v) is 1.21. The van der Waals surface area contributed by atoms with Crippen LogP contribution in [-0.2, 0) is 9.26 Å². The van der Waals surface area contributed by atoms with Gasteiger partial charge in [-0.25, -0.2) is 0 Å². The van der Waals surface area contributed by atoms with Crippen molar-refractivity contribution in [2.75, 3.05) is 13.7 Å². The second kappa shape index (κ2) is 5.86. The van der Waals surface area contributed by atoms with Crippen LogP contribution in [0.25, 0.3) is 0 Å². The van der Waals surface area contributed by atoms with E-state index in [0.717, 1.165) is 12.7 Å². The van der Waals surface area contributed by atoms with Crippen molar-refractivity contribution in [3.63, 3.8) is 0 Å². The SMILES string of the molecule is BCCC(CO[PH](O)(O)O)OC. The van der Waals surface area contributed by atoms with Gasteiger partial charge in [0.2, 0.25) is 0 Å². The number of hydrogen-bond acceptors (Lipinski definition) is 5. The number of hydrogen-bond donors (Lipinski definition) is 3. The van der Waals surface area contributed by atoms with Crippen molar-refractivity contribution in [3.05, 3.63) is 0 Å². The molecule has 0 heterocycles. The second-order valence-electron chi connectivity index (χ2n) is 2.53. The van der Waals surface area contributed by atoms with Gasteiger partial charge in [-0.05, 0) is 0 Å². The summed E-state index contributed by atoms with van der Waals surface area (Å²) in [5.74, 6) is 0. The molecule has 1 unspecified atom stereocenters. The van der Waals surface area contributed by atoms with Crippen molar-refractivity contribution in [1.29, 1.82) is 0 Å². The first-order chi connectivity index (χ1) is 5.49. The average Bonchev–Trinajstić information content (AvgIpc) is 1.96. The molecule has 0 aliphatic heterocycles. The normalized spacial score (nSPS) is 16.0. The quantitative estimate of drug-likeness (QED) is 0.370. The topological polar surface area (TPSA) is 79.2 Å². The van der Waals surface area contributed by atoms with Crippen LogP contribution in [0.15, 0.2) is 0 Å². The van der Waals surface area contributed by atoms with E-state index in [2.05, 4.69) is 4.52 Å². The van der Waals surface area contributed by atoms with Crippen molar-refractivity contribution in [1.82, 2.24) is 0 Å². The monoisotopic (exact) mass is 198 g/mol. The summed E-state index contributed by atoms with van der Waals surface area (Å²) in [5, 5.41) is 0. The molecule has 7 heteroatoms. The Morgan fingerprint density at radius 3 is 2.33 bits per heavy atom. The van der Waals surface area contributed by atoms with Gasteiger partial charge in [-0.1, -0.05) is 0 Å². The van der Waals surface area contributed by atoms with E-state index in [9.17, 15) is 0 Å². The summed E-state index contributed by atoms with van der Waals surface area (Å²) in [6.07, 6.45) is 1.49. The van der Waals surface area contributed by atoms with Gasteiger partial charge in [0.1, 0.15) is 0 Å². The predicted molar refractivity (Wildman–Crippen MR) is 49.7 cm³/mol. The third kappa shape index (κ3) is 6.97. The molecule has 5 nitrogen and oxygen atoms in total. The minimum absolute atomic E-state index is 0.0140. The Kier molecular flexibility index (Phi) is 6.00. The van der Waals surface area contributed by atoms with Crippen LogP contribution in [0.4, 0.5) is 0 Å². The zero-order valence-corrected chi connectivity index (χ0v) is 8.36. The Morgan fingerprint density at radius 1 is 1.42 bits per heavy atom. The number of ether oxygens (including phenoxy) is 1. The van der Waals surface area contributed by atoms with Crippen molar-refractivity contribution in [3.8, 4) is 0 Å². The molecular formula is C5H16BO5P. The van der Waals surface area contributed by atoms with Gasteiger partial charge in [0.15, 0.2) is 0 Å². The zero-order valence-electron chi connectivity index (χ0n) is 7.36. The fourth-order valence-electron chi connectivity index (χ4n) is 0.796. The number of methoxy groups -OCH3 is 1. The Hall–Kier alpha value is 0.295. The van der Waals surface area contributed by atoms with Crippen LogP contribution in [0.2, 0.25) is 6.32 Å². The van der Waals surface area contributed by atoms with E-state index >= 15 is 0 Å². The Morgan fingerprint density at radius 2 is 2.00 bits per heavy atom. The molecule has 0 spiro atoms. The maximum atomic E-state index is 8.50. The molecule has 0 aliphatic rings. The zero-order chi connectivity index (χ0) is 9.61. The third-order valence-corrected chi connectivity index (χ3v) is 1.96. The third-order valence-electron chi connectivity index (χ3n) is 1.41. The molecule has 3 N–H and O–H groups in total. The Bertz CT molecular complexity index is 117. The molecule has 0 aliphatic carbocycles. The summed E-state index contributed by atoms with van der Waals surface area (Å²) >= 11 is 0. The van der Waals surface area contributed by atoms with E-state index in [-0.39, 0.29) is 12.7 Å². The molecule has 1 atom stereocenters. The molecule has 0 aromatic rings. The second-order valence-corrected chi connectivity index (χ2v) is 3.97. The van der Waals surface area contributed by atoms with Crippen LogP contribution in [0, 0.1) is 0 Å². The van der Waals surface area contributed by atoms with Gasteiger partial charge >= 0.3 is 72.5 Å². The summed E-state index contributed by atoms with van der Waals surface area (Å²) in [4.78, 5) is 25.5. The predicted octanol–water partition coefficient (Wildman–Crippen LogP) is -1.15. The van der Waals surface area contributed by atoms with Gasteiger partial charge in [0, 0.05) is 0 Å². The van der Waals surface area contributed by atoms with Crippen LogP contribution in [0.5, 0.6) is 0 Å². The van der Waals surface area contributed by atoms with Crippen LogP contribution in [-0.4, -0.2) is 42.3 Å². The van der Waals surface area contributed by atoms with Gasteiger partial charge in [0.05, 0.1) is 0 Å². The van der Waals surface area contributed by atoms with E-state index in [1.54, 1.807) is 0 Å². The standard InChI is InChI=1S/C5H16BO5P/c1-10-5(2-3-6)4-11-12(7,8)9/h5,7-9,12H,2-4,6H2,1H3. The Labute approximate surface area is 73.4 Å². The Balaban J connectivity index is 3.58.